The predicted molar refractivity (Wildman–Crippen MR) is 75.0 cm³/mol. The molecule has 4 heteroatoms. The van der Waals surface area contributed by atoms with Crippen LogP contribution < -0.4 is 0 Å². The third-order valence-electron chi connectivity index (χ3n) is 1.80. The van der Waals surface area contributed by atoms with Crippen molar-refractivity contribution in [1.82, 2.24) is 4.90 Å². The molecule has 0 saturated heterocycles. The summed E-state index contributed by atoms with van der Waals surface area (Å²) in [5, 5.41) is 0. The van der Waals surface area contributed by atoms with Crippen LogP contribution in [0.3, 0.4) is 0 Å². The molecule has 76 valence electrons. The molecule has 0 spiro atoms. The van der Waals surface area contributed by atoms with Crippen molar-refractivity contribution in [3.8, 4) is 0 Å². The number of hydrogen-bond acceptors (Lipinski definition) is 2. The first kappa shape index (κ1) is 12.4. The summed E-state index contributed by atoms with van der Waals surface area (Å²) in [6.45, 7) is 0. The van der Waals surface area contributed by atoms with Gasteiger partial charge in [-0.05, 0) is 48.8 Å². The van der Waals surface area contributed by atoms with Crippen LogP contribution in [0.2, 0.25) is 0 Å². The minimum atomic E-state index is -0.0901. The zero-order chi connectivity index (χ0) is 10.7. The molecule has 0 saturated carbocycles. The molecule has 0 aromatic heterocycles. The van der Waals surface area contributed by atoms with E-state index < -0.39 is 0 Å². The fraction of sp³-hybridized carbons (Fsp3) is 0.300. The number of ketones is 1. The maximum Gasteiger partial charge on any atom is 0.189 e. The van der Waals surface area contributed by atoms with Crippen LogP contribution in [0.1, 0.15) is 10.4 Å². The first-order valence-corrected chi connectivity index (χ1v) is 6.45. The van der Waals surface area contributed by atoms with Gasteiger partial charge in [0.1, 0.15) is 4.05 Å². The molecule has 0 radical (unpaired) electrons. The Kier molecular flexibility index (Phi) is 4.78. The van der Waals surface area contributed by atoms with Crippen LogP contribution in [0.15, 0.2) is 24.3 Å². The lowest BCUT2D eigenvalue weighted by Gasteiger charge is -2.16. The molecular formula is C10H11I2NO. The minimum absolute atomic E-state index is 0.0901. The maximum absolute atomic E-state index is 11.8. The van der Waals surface area contributed by atoms with Crippen molar-refractivity contribution in [2.45, 2.75) is 4.05 Å². The summed E-state index contributed by atoms with van der Waals surface area (Å²) in [5.74, 6) is 0.159. The monoisotopic (exact) mass is 415 g/mol. The highest BCUT2D eigenvalue weighted by molar-refractivity contribution is 14.1. The number of rotatable bonds is 3. The molecule has 1 aromatic rings. The summed E-state index contributed by atoms with van der Waals surface area (Å²) in [5.41, 5.74) is 0.776. The van der Waals surface area contributed by atoms with Crippen molar-refractivity contribution in [2.24, 2.45) is 0 Å². The summed E-state index contributed by atoms with van der Waals surface area (Å²) < 4.78 is 1.06. The van der Waals surface area contributed by atoms with E-state index in [9.17, 15) is 4.79 Å². The van der Waals surface area contributed by atoms with E-state index in [-0.39, 0.29) is 9.83 Å². The Morgan fingerprint density at radius 2 is 1.79 bits per heavy atom. The average Bonchev–Trinajstić information content (AvgIpc) is 2.16. The van der Waals surface area contributed by atoms with E-state index in [2.05, 4.69) is 45.2 Å². The van der Waals surface area contributed by atoms with Crippen LogP contribution in [0.5, 0.6) is 0 Å². The molecule has 0 heterocycles. The molecule has 1 unspecified atom stereocenters. The summed E-state index contributed by atoms with van der Waals surface area (Å²) in [4.78, 5) is 13.7. The van der Waals surface area contributed by atoms with Crippen molar-refractivity contribution in [3.05, 3.63) is 33.4 Å². The largest absolute Gasteiger partial charge is 0.291 e. The van der Waals surface area contributed by atoms with Gasteiger partial charge in [-0.1, -0.05) is 34.7 Å². The van der Waals surface area contributed by atoms with E-state index in [0.717, 1.165) is 9.13 Å². The molecule has 0 bridgehead atoms. The summed E-state index contributed by atoms with van der Waals surface area (Å²) >= 11 is 4.37. The molecule has 0 aliphatic heterocycles. The SMILES string of the molecule is CN(C)C(I)C(=O)c1ccc(I)cc1. The number of nitrogens with zero attached hydrogens (tertiary/aromatic N) is 1. The van der Waals surface area contributed by atoms with Crippen LogP contribution in [-0.4, -0.2) is 28.8 Å². The fourth-order valence-electron chi connectivity index (χ4n) is 0.986. The topological polar surface area (TPSA) is 20.3 Å². The Labute approximate surface area is 111 Å². The van der Waals surface area contributed by atoms with Gasteiger partial charge in [0, 0.05) is 9.13 Å². The lowest BCUT2D eigenvalue weighted by Crippen LogP contribution is -2.30. The molecule has 0 aliphatic carbocycles. The number of carbonyl (C=O) groups is 1. The molecule has 2 nitrogen and oxygen atoms in total. The van der Waals surface area contributed by atoms with Gasteiger partial charge in [-0.25, -0.2) is 0 Å². The van der Waals surface area contributed by atoms with Crippen molar-refractivity contribution >= 4 is 51.0 Å². The van der Waals surface area contributed by atoms with E-state index in [1.54, 1.807) is 0 Å². The summed E-state index contributed by atoms with van der Waals surface area (Å²) in [7, 11) is 3.81. The predicted octanol–water partition coefficient (Wildman–Crippen LogP) is 2.80. The van der Waals surface area contributed by atoms with Crippen LogP contribution in [-0.2, 0) is 0 Å². The lowest BCUT2D eigenvalue weighted by atomic mass is 10.1. The van der Waals surface area contributed by atoms with Crippen molar-refractivity contribution in [3.63, 3.8) is 0 Å². The second-order valence-corrected chi connectivity index (χ2v) is 5.60. The minimum Gasteiger partial charge on any atom is -0.291 e. The molecule has 14 heavy (non-hydrogen) atoms. The second-order valence-electron chi connectivity index (χ2n) is 3.17. The first-order valence-electron chi connectivity index (χ1n) is 4.12. The quantitative estimate of drug-likeness (QED) is 0.328. The Morgan fingerprint density at radius 1 is 1.29 bits per heavy atom. The molecule has 0 aliphatic rings. The van der Waals surface area contributed by atoms with Gasteiger partial charge in [0.05, 0.1) is 0 Å². The highest BCUT2D eigenvalue weighted by Crippen LogP contribution is 2.14. The van der Waals surface area contributed by atoms with E-state index in [4.69, 9.17) is 0 Å². The van der Waals surface area contributed by atoms with Gasteiger partial charge in [0.15, 0.2) is 5.78 Å². The Balaban J connectivity index is 2.84. The molecule has 0 amide bonds. The third kappa shape index (κ3) is 3.16. The molecule has 1 rings (SSSR count). The van der Waals surface area contributed by atoms with Gasteiger partial charge < -0.3 is 0 Å². The number of Topliss-reactive ketones (excluding diaryl/α,β-unsaturated/α-hetero) is 1. The molecule has 0 fully saturated rings. The highest BCUT2D eigenvalue weighted by Gasteiger charge is 2.18. The summed E-state index contributed by atoms with van der Waals surface area (Å²) in [6, 6.07) is 7.65. The highest BCUT2D eigenvalue weighted by atomic mass is 127. The maximum atomic E-state index is 11.8. The van der Waals surface area contributed by atoms with Gasteiger partial charge in [0.2, 0.25) is 0 Å². The standard InChI is InChI=1S/C10H11I2NO/c1-13(2)10(12)9(14)7-3-5-8(11)6-4-7/h3-6,10H,1-2H3. The number of alkyl halides is 1. The van der Waals surface area contributed by atoms with Crippen LogP contribution in [0.25, 0.3) is 0 Å². The molecule has 0 N–H and O–H groups in total. The van der Waals surface area contributed by atoms with E-state index >= 15 is 0 Å². The lowest BCUT2D eigenvalue weighted by molar-refractivity contribution is 0.0947. The smallest absolute Gasteiger partial charge is 0.189 e. The average molecular weight is 415 g/mol. The molecule has 1 aromatic carbocycles. The van der Waals surface area contributed by atoms with Crippen LogP contribution in [0, 0.1) is 3.57 Å². The van der Waals surface area contributed by atoms with Gasteiger partial charge in [0.25, 0.3) is 0 Å². The molecule has 1 atom stereocenters. The van der Waals surface area contributed by atoms with Crippen molar-refractivity contribution in [1.29, 1.82) is 0 Å². The van der Waals surface area contributed by atoms with Crippen LogP contribution >= 0.6 is 45.2 Å². The van der Waals surface area contributed by atoms with E-state index in [0.29, 0.717) is 0 Å². The summed E-state index contributed by atoms with van der Waals surface area (Å²) in [6.07, 6.45) is 0. The van der Waals surface area contributed by atoms with Crippen LogP contribution in [0.4, 0.5) is 0 Å². The van der Waals surface area contributed by atoms with E-state index in [1.807, 2.05) is 43.3 Å². The third-order valence-corrected chi connectivity index (χ3v) is 4.20. The fourth-order valence-corrected chi connectivity index (χ4v) is 1.71. The Hall–Kier alpha value is 0.310. The van der Waals surface area contributed by atoms with Gasteiger partial charge in [-0.15, -0.1) is 0 Å². The van der Waals surface area contributed by atoms with Crippen molar-refractivity contribution in [2.75, 3.05) is 14.1 Å². The Morgan fingerprint density at radius 3 is 2.21 bits per heavy atom. The van der Waals surface area contributed by atoms with Crippen molar-refractivity contribution < 1.29 is 4.79 Å². The number of benzene rings is 1. The zero-order valence-corrected chi connectivity index (χ0v) is 12.3. The second kappa shape index (κ2) is 5.41. The Bertz CT molecular complexity index is 321. The molecular weight excluding hydrogens is 404 g/mol. The normalized spacial score (nSPS) is 12.9. The number of likely N-dealkylation sites (N-methyl/N-ethyl adjacent to an activating group) is 1. The van der Waals surface area contributed by atoms with Gasteiger partial charge in [-0.2, -0.15) is 0 Å². The number of halogens is 2. The number of carbonyl (C=O) groups excluding carboxylic acids is 1. The van der Waals surface area contributed by atoms with E-state index in [1.165, 1.54) is 0 Å². The van der Waals surface area contributed by atoms with Gasteiger partial charge in [-0.3, -0.25) is 9.69 Å². The zero-order valence-electron chi connectivity index (χ0n) is 8.00. The van der Waals surface area contributed by atoms with Gasteiger partial charge >= 0.3 is 0 Å². The first-order chi connectivity index (χ1) is 6.52. The number of hydrogen-bond donors (Lipinski definition) is 0.